The molecule has 0 saturated heterocycles. The largest absolute Gasteiger partial charge is 0.497 e. The van der Waals surface area contributed by atoms with Crippen LogP contribution in [0.1, 0.15) is 11.4 Å². The van der Waals surface area contributed by atoms with E-state index in [0.717, 1.165) is 18.1 Å². The molecule has 3 nitrogen and oxygen atoms in total. The van der Waals surface area contributed by atoms with Gasteiger partial charge in [0, 0.05) is 0 Å². The monoisotopic (exact) mass is 237 g/mol. The zero-order chi connectivity index (χ0) is 11.4. The number of methoxy groups -OCH3 is 1. The summed E-state index contributed by atoms with van der Waals surface area (Å²) in [5.41, 5.74) is 1.22. The van der Waals surface area contributed by atoms with E-state index in [0.29, 0.717) is 5.88 Å². The van der Waals surface area contributed by atoms with Crippen molar-refractivity contribution >= 4 is 11.6 Å². The summed E-state index contributed by atoms with van der Waals surface area (Å²) < 4.78 is 7.21. The molecule has 0 aliphatic rings. The number of nitrogens with one attached hydrogen (secondary N) is 1. The minimum atomic E-state index is 0.489. The molecule has 4 heteroatoms. The van der Waals surface area contributed by atoms with Crippen LogP contribution in [0.2, 0.25) is 0 Å². The summed E-state index contributed by atoms with van der Waals surface area (Å²) >= 11 is 5.82. The molecule has 16 heavy (non-hydrogen) atoms. The lowest BCUT2D eigenvalue weighted by Gasteiger charge is -2.02. The molecular weight excluding hydrogens is 224 g/mol. The Morgan fingerprint density at radius 3 is 2.69 bits per heavy atom. The number of halogens is 1. The summed E-state index contributed by atoms with van der Waals surface area (Å²) in [6.07, 6.45) is 3.88. The third-order valence-electron chi connectivity index (χ3n) is 2.49. The van der Waals surface area contributed by atoms with E-state index in [4.69, 9.17) is 16.3 Å². The SMILES string of the molecule is COc1ccc(C[n+]2cc[nH]c2CCl)cc1. The molecule has 0 unspecified atom stereocenters. The number of alkyl halides is 1. The van der Waals surface area contributed by atoms with Crippen molar-refractivity contribution in [3.63, 3.8) is 0 Å². The molecule has 0 spiro atoms. The summed E-state index contributed by atoms with van der Waals surface area (Å²) in [6, 6.07) is 8.03. The first kappa shape index (κ1) is 11.0. The molecule has 0 bridgehead atoms. The van der Waals surface area contributed by atoms with Gasteiger partial charge in [0.25, 0.3) is 5.82 Å². The van der Waals surface area contributed by atoms with Crippen molar-refractivity contribution in [1.82, 2.24) is 4.98 Å². The van der Waals surface area contributed by atoms with E-state index in [1.54, 1.807) is 7.11 Å². The van der Waals surface area contributed by atoms with Gasteiger partial charge in [-0.3, -0.25) is 0 Å². The molecule has 0 aliphatic carbocycles. The fourth-order valence-electron chi connectivity index (χ4n) is 1.59. The Hall–Kier alpha value is -1.48. The molecular formula is C12H14ClN2O+. The number of rotatable bonds is 4. The Balaban J connectivity index is 2.14. The van der Waals surface area contributed by atoms with Crippen LogP contribution in [0, 0.1) is 0 Å². The van der Waals surface area contributed by atoms with Crippen LogP contribution in [-0.4, -0.2) is 12.1 Å². The predicted molar refractivity (Wildman–Crippen MR) is 62.6 cm³/mol. The number of hydrogen-bond donors (Lipinski definition) is 1. The highest BCUT2D eigenvalue weighted by atomic mass is 35.5. The molecule has 0 radical (unpaired) electrons. The van der Waals surface area contributed by atoms with Gasteiger partial charge in [-0.25, -0.2) is 9.55 Å². The molecule has 0 saturated carbocycles. The highest BCUT2D eigenvalue weighted by Gasteiger charge is 2.09. The van der Waals surface area contributed by atoms with Crippen LogP contribution in [0.15, 0.2) is 36.7 Å². The lowest BCUT2D eigenvalue weighted by atomic mass is 10.2. The number of aromatic nitrogens is 2. The number of H-pyrrole nitrogens is 1. The van der Waals surface area contributed by atoms with Crippen molar-refractivity contribution in [3.05, 3.63) is 48.0 Å². The number of imidazole rings is 1. The van der Waals surface area contributed by atoms with Crippen LogP contribution in [0.3, 0.4) is 0 Å². The van der Waals surface area contributed by atoms with Gasteiger partial charge in [0.05, 0.1) is 7.11 Å². The van der Waals surface area contributed by atoms with Gasteiger partial charge in [-0.05, 0) is 17.7 Å². The maximum absolute atomic E-state index is 5.82. The molecule has 2 rings (SSSR count). The van der Waals surface area contributed by atoms with E-state index in [-0.39, 0.29) is 0 Å². The quantitative estimate of drug-likeness (QED) is 0.640. The first-order valence-corrected chi connectivity index (χ1v) is 5.61. The molecule has 1 N–H and O–H groups in total. The van der Waals surface area contributed by atoms with E-state index in [9.17, 15) is 0 Å². The summed E-state index contributed by atoms with van der Waals surface area (Å²) in [5.74, 6) is 2.38. The second-order valence-corrected chi connectivity index (χ2v) is 3.78. The van der Waals surface area contributed by atoms with Gasteiger partial charge in [-0.1, -0.05) is 12.1 Å². The minimum absolute atomic E-state index is 0.489. The summed E-state index contributed by atoms with van der Waals surface area (Å²) in [4.78, 5) is 3.10. The fourth-order valence-corrected chi connectivity index (χ4v) is 1.82. The number of aromatic amines is 1. The minimum Gasteiger partial charge on any atom is -0.497 e. The molecule has 1 aromatic carbocycles. The van der Waals surface area contributed by atoms with Crippen LogP contribution in [0.25, 0.3) is 0 Å². The van der Waals surface area contributed by atoms with Crippen molar-refractivity contribution in [2.24, 2.45) is 0 Å². The lowest BCUT2D eigenvalue weighted by molar-refractivity contribution is -0.693. The molecule has 2 aromatic rings. The Bertz CT molecular complexity index is 450. The zero-order valence-electron chi connectivity index (χ0n) is 9.11. The fraction of sp³-hybridized carbons (Fsp3) is 0.250. The van der Waals surface area contributed by atoms with Crippen LogP contribution in [0.4, 0.5) is 0 Å². The van der Waals surface area contributed by atoms with E-state index in [2.05, 4.69) is 21.7 Å². The molecule has 84 valence electrons. The standard InChI is InChI=1S/C12H13ClN2O/c1-16-11-4-2-10(3-5-11)9-15-7-6-14-12(15)8-13/h2-7H,8-9H2,1H3/p+1. The Kier molecular flexibility index (Phi) is 3.47. The third-order valence-corrected chi connectivity index (χ3v) is 2.74. The van der Waals surface area contributed by atoms with E-state index >= 15 is 0 Å². The van der Waals surface area contributed by atoms with Crippen molar-refractivity contribution in [3.8, 4) is 5.75 Å². The average Bonchev–Trinajstić information content (AvgIpc) is 2.77. The topological polar surface area (TPSA) is 28.9 Å². The molecule has 1 aromatic heterocycles. The molecule has 0 aliphatic heterocycles. The number of benzene rings is 1. The molecule has 0 fully saturated rings. The van der Waals surface area contributed by atoms with Gasteiger partial charge in [-0.15, -0.1) is 11.6 Å². The van der Waals surface area contributed by atoms with E-state index in [1.165, 1.54) is 5.56 Å². The summed E-state index contributed by atoms with van der Waals surface area (Å²) in [6.45, 7) is 0.815. The van der Waals surface area contributed by atoms with Gasteiger partial charge in [0.2, 0.25) is 0 Å². The normalized spacial score (nSPS) is 10.4. The maximum Gasteiger partial charge on any atom is 0.269 e. The van der Waals surface area contributed by atoms with Crippen LogP contribution in [0.5, 0.6) is 5.75 Å². The van der Waals surface area contributed by atoms with Crippen molar-refractivity contribution in [2.45, 2.75) is 12.4 Å². The molecule has 1 heterocycles. The van der Waals surface area contributed by atoms with Gasteiger partial charge in [0.1, 0.15) is 30.6 Å². The summed E-state index contributed by atoms with van der Waals surface area (Å²) in [7, 11) is 1.67. The first-order chi connectivity index (χ1) is 7.83. The van der Waals surface area contributed by atoms with Gasteiger partial charge in [0.15, 0.2) is 0 Å². The van der Waals surface area contributed by atoms with Crippen LogP contribution in [-0.2, 0) is 12.4 Å². The smallest absolute Gasteiger partial charge is 0.269 e. The lowest BCUT2D eigenvalue weighted by Crippen LogP contribution is -2.36. The highest BCUT2D eigenvalue weighted by molar-refractivity contribution is 6.16. The Morgan fingerprint density at radius 2 is 2.06 bits per heavy atom. The second kappa shape index (κ2) is 5.03. The van der Waals surface area contributed by atoms with Gasteiger partial charge >= 0.3 is 0 Å². The van der Waals surface area contributed by atoms with E-state index < -0.39 is 0 Å². The van der Waals surface area contributed by atoms with Gasteiger partial charge in [-0.2, -0.15) is 0 Å². The second-order valence-electron chi connectivity index (χ2n) is 3.52. The molecule has 0 amide bonds. The van der Waals surface area contributed by atoms with Crippen molar-refractivity contribution in [2.75, 3.05) is 7.11 Å². The van der Waals surface area contributed by atoms with Crippen LogP contribution >= 0.6 is 11.6 Å². The predicted octanol–water partition coefficient (Wildman–Crippen LogP) is 2.10. The summed E-state index contributed by atoms with van der Waals surface area (Å²) in [5, 5.41) is 0. The number of hydrogen-bond acceptors (Lipinski definition) is 1. The van der Waals surface area contributed by atoms with E-state index in [1.807, 2.05) is 24.5 Å². The first-order valence-electron chi connectivity index (χ1n) is 5.08. The average molecular weight is 238 g/mol. The Morgan fingerprint density at radius 1 is 1.31 bits per heavy atom. The van der Waals surface area contributed by atoms with Crippen LogP contribution < -0.4 is 9.30 Å². The maximum atomic E-state index is 5.82. The number of nitrogens with zero attached hydrogens (tertiary/aromatic N) is 1. The number of ether oxygens (including phenoxy) is 1. The van der Waals surface area contributed by atoms with Crippen molar-refractivity contribution < 1.29 is 9.30 Å². The van der Waals surface area contributed by atoms with Crippen molar-refractivity contribution in [1.29, 1.82) is 0 Å². The molecule has 0 atom stereocenters. The third kappa shape index (κ3) is 2.36. The highest BCUT2D eigenvalue weighted by Crippen LogP contribution is 2.11. The Labute approximate surface area is 99.6 Å². The zero-order valence-corrected chi connectivity index (χ0v) is 9.87. The van der Waals surface area contributed by atoms with Gasteiger partial charge < -0.3 is 4.74 Å².